The summed E-state index contributed by atoms with van der Waals surface area (Å²) in [7, 11) is 0. The van der Waals surface area contributed by atoms with Crippen LogP contribution in [0.5, 0.6) is 0 Å². The quantitative estimate of drug-likeness (QED) is 0.477. The summed E-state index contributed by atoms with van der Waals surface area (Å²) in [5.74, 6) is 5.27. The van der Waals surface area contributed by atoms with Gasteiger partial charge in [-0.25, -0.2) is 15.8 Å². The predicted octanol–water partition coefficient (Wildman–Crippen LogP) is 0.716. The van der Waals surface area contributed by atoms with Gasteiger partial charge in [0.25, 0.3) is 5.91 Å². The number of nitrogens with two attached hydrogens (primary N) is 1. The van der Waals surface area contributed by atoms with Gasteiger partial charge < -0.3 is 15.7 Å². The molecule has 7 nitrogen and oxygen atoms in total. The fraction of sp³-hybridized carbons (Fsp3) is 0.182. The molecule has 0 saturated carbocycles. The van der Waals surface area contributed by atoms with Crippen LogP contribution in [-0.2, 0) is 6.42 Å². The molecular formula is C11H13ClN6O. The number of hydrazine groups is 1. The Balaban J connectivity index is 1.95. The lowest BCUT2D eigenvalue weighted by Gasteiger charge is -2.07. The molecule has 0 aliphatic heterocycles. The van der Waals surface area contributed by atoms with Crippen LogP contribution in [0.1, 0.15) is 16.2 Å². The van der Waals surface area contributed by atoms with Crippen LogP contribution < -0.4 is 16.6 Å². The smallest absolute Gasteiger partial charge is 0.271 e. The Morgan fingerprint density at radius 3 is 3.00 bits per heavy atom. The first-order valence-electron chi connectivity index (χ1n) is 5.59. The standard InChI is InChI=1S/C11H13ClN6O/c12-8-1-2-9(18-13)17-10(8)11(19)15-4-3-7-5-14-6-16-7/h1-2,5-6H,3-4,13H2,(H,14,16)(H,15,19)(H,17,18). The van der Waals surface area contributed by atoms with Crippen molar-refractivity contribution >= 4 is 23.3 Å². The van der Waals surface area contributed by atoms with Crippen molar-refractivity contribution in [2.24, 2.45) is 5.84 Å². The second-order valence-electron chi connectivity index (χ2n) is 3.75. The van der Waals surface area contributed by atoms with Crippen molar-refractivity contribution in [3.05, 3.63) is 41.1 Å². The van der Waals surface area contributed by atoms with Crippen molar-refractivity contribution in [1.82, 2.24) is 20.3 Å². The van der Waals surface area contributed by atoms with E-state index in [2.05, 4.69) is 25.7 Å². The highest BCUT2D eigenvalue weighted by atomic mass is 35.5. The Morgan fingerprint density at radius 2 is 2.32 bits per heavy atom. The highest BCUT2D eigenvalue weighted by Crippen LogP contribution is 2.15. The summed E-state index contributed by atoms with van der Waals surface area (Å²) in [5, 5.41) is 3.00. The molecule has 0 spiro atoms. The molecule has 0 atom stereocenters. The van der Waals surface area contributed by atoms with Crippen molar-refractivity contribution < 1.29 is 4.79 Å². The predicted molar refractivity (Wildman–Crippen MR) is 71.7 cm³/mol. The van der Waals surface area contributed by atoms with Gasteiger partial charge in [-0.05, 0) is 12.1 Å². The molecule has 2 rings (SSSR count). The van der Waals surface area contributed by atoms with Gasteiger partial charge >= 0.3 is 0 Å². The van der Waals surface area contributed by atoms with Crippen LogP contribution in [-0.4, -0.2) is 27.4 Å². The van der Waals surface area contributed by atoms with Crippen molar-refractivity contribution in [2.75, 3.05) is 12.0 Å². The number of hydrogen-bond acceptors (Lipinski definition) is 5. The SMILES string of the molecule is NNc1ccc(Cl)c(C(=O)NCCc2cnc[nH]2)n1. The van der Waals surface area contributed by atoms with Gasteiger partial charge in [-0.2, -0.15) is 0 Å². The number of aromatic nitrogens is 3. The number of H-pyrrole nitrogens is 1. The summed E-state index contributed by atoms with van der Waals surface area (Å²) >= 11 is 5.92. The van der Waals surface area contributed by atoms with E-state index >= 15 is 0 Å². The highest BCUT2D eigenvalue weighted by Gasteiger charge is 2.12. The topological polar surface area (TPSA) is 109 Å². The number of carbonyl (C=O) groups is 1. The molecule has 2 aromatic heterocycles. The summed E-state index contributed by atoms with van der Waals surface area (Å²) in [4.78, 5) is 22.8. The number of nitrogen functional groups attached to an aromatic ring is 1. The number of nitrogens with zero attached hydrogens (tertiary/aromatic N) is 2. The average Bonchev–Trinajstić information content (AvgIpc) is 2.92. The largest absolute Gasteiger partial charge is 0.350 e. The maximum atomic E-state index is 11.9. The van der Waals surface area contributed by atoms with Crippen LogP contribution in [0.2, 0.25) is 5.02 Å². The van der Waals surface area contributed by atoms with Crippen LogP contribution in [0.3, 0.4) is 0 Å². The summed E-state index contributed by atoms with van der Waals surface area (Å²) in [6, 6.07) is 3.15. The molecule has 0 bridgehead atoms. The van der Waals surface area contributed by atoms with Gasteiger partial charge in [-0.1, -0.05) is 11.6 Å². The van der Waals surface area contributed by atoms with Crippen molar-refractivity contribution in [1.29, 1.82) is 0 Å². The van der Waals surface area contributed by atoms with Crippen molar-refractivity contribution in [3.63, 3.8) is 0 Å². The Bertz CT molecular complexity index is 556. The molecule has 0 aliphatic carbocycles. The molecule has 8 heteroatoms. The maximum Gasteiger partial charge on any atom is 0.271 e. The lowest BCUT2D eigenvalue weighted by Crippen LogP contribution is -2.27. The van der Waals surface area contributed by atoms with E-state index in [1.54, 1.807) is 24.7 Å². The number of carbonyl (C=O) groups excluding carboxylic acids is 1. The van der Waals surface area contributed by atoms with E-state index in [4.69, 9.17) is 17.4 Å². The molecule has 19 heavy (non-hydrogen) atoms. The third-order valence-electron chi connectivity index (χ3n) is 2.44. The third kappa shape index (κ3) is 3.43. The first-order valence-corrected chi connectivity index (χ1v) is 5.97. The molecule has 0 aromatic carbocycles. The lowest BCUT2D eigenvalue weighted by molar-refractivity contribution is 0.0949. The van der Waals surface area contributed by atoms with E-state index in [-0.39, 0.29) is 16.6 Å². The lowest BCUT2D eigenvalue weighted by atomic mass is 10.3. The summed E-state index contributed by atoms with van der Waals surface area (Å²) in [5.41, 5.74) is 3.45. The van der Waals surface area contributed by atoms with Crippen LogP contribution in [0.15, 0.2) is 24.7 Å². The first kappa shape index (κ1) is 13.3. The van der Waals surface area contributed by atoms with Gasteiger partial charge in [0, 0.05) is 24.9 Å². The van der Waals surface area contributed by atoms with Crippen LogP contribution in [0.4, 0.5) is 5.82 Å². The number of aromatic amines is 1. The maximum absolute atomic E-state index is 11.9. The zero-order valence-corrected chi connectivity index (χ0v) is 10.7. The van der Waals surface area contributed by atoms with Crippen LogP contribution in [0, 0.1) is 0 Å². The Labute approximate surface area is 114 Å². The molecule has 0 unspecified atom stereocenters. The van der Waals surface area contributed by atoms with Gasteiger partial charge in [0.05, 0.1) is 11.3 Å². The number of hydrogen-bond donors (Lipinski definition) is 4. The molecule has 2 heterocycles. The minimum atomic E-state index is -0.346. The zero-order chi connectivity index (χ0) is 13.7. The third-order valence-corrected chi connectivity index (χ3v) is 2.75. The minimum Gasteiger partial charge on any atom is -0.350 e. The van der Waals surface area contributed by atoms with Gasteiger partial charge in [-0.15, -0.1) is 0 Å². The highest BCUT2D eigenvalue weighted by molar-refractivity contribution is 6.33. The summed E-state index contributed by atoms with van der Waals surface area (Å²) < 4.78 is 0. The monoisotopic (exact) mass is 280 g/mol. The molecule has 100 valence electrons. The summed E-state index contributed by atoms with van der Waals surface area (Å²) in [6.07, 6.45) is 3.94. The molecule has 1 amide bonds. The number of nitrogens with one attached hydrogen (secondary N) is 3. The van der Waals surface area contributed by atoms with Gasteiger partial charge in [0.15, 0.2) is 0 Å². The first-order chi connectivity index (χ1) is 9.20. The number of rotatable bonds is 5. The van der Waals surface area contributed by atoms with Crippen molar-refractivity contribution in [3.8, 4) is 0 Å². The normalized spacial score (nSPS) is 10.2. The van der Waals surface area contributed by atoms with Crippen molar-refractivity contribution in [2.45, 2.75) is 6.42 Å². The Hall–Kier alpha value is -2.12. The molecule has 0 aliphatic rings. The molecular weight excluding hydrogens is 268 g/mol. The van der Waals surface area contributed by atoms with Gasteiger partial charge in [-0.3, -0.25) is 4.79 Å². The second-order valence-corrected chi connectivity index (χ2v) is 4.16. The zero-order valence-electron chi connectivity index (χ0n) is 9.98. The van der Waals surface area contributed by atoms with E-state index in [1.165, 1.54) is 0 Å². The van der Waals surface area contributed by atoms with Crippen LogP contribution in [0.25, 0.3) is 0 Å². The fourth-order valence-corrected chi connectivity index (χ4v) is 1.69. The van der Waals surface area contributed by atoms with E-state index in [9.17, 15) is 4.79 Å². The number of halogens is 1. The van der Waals surface area contributed by atoms with Gasteiger partial charge in [0.1, 0.15) is 11.5 Å². The summed E-state index contributed by atoms with van der Waals surface area (Å²) in [6.45, 7) is 0.458. The molecule has 0 fully saturated rings. The number of anilines is 1. The number of imidazole rings is 1. The second kappa shape index (κ2) is 6.17. The minimum absolute atomic E-state index is 0.140. The molecule has 2 aromatic rings. The number of amides is 1. The fourth-order valence-electron chi connectivity index (χ4n) is 1.50. The Kier molecular flexibility index (Phi) is 4.32. The average molecular weight is 281 g/mol. The molecule has 0 radical (unpaired) electrons. The van der Waals surface area contributed by atoms with Gasteiger partial charge in [0.2, 0.25) is 0 Å². The van der Waals surface area contributed by atoms with E-state index in [0.717, 1.165) is 5.69 Å². The van der Waals surface area contributed by atoms with Crippen LogP contribution >= 0.6 is 11.6 Å². The molecule has 5 N–H and O–H groups in total. The molecule has 0 saturated heterocycles. The number of pyridine rings is 1. The van der Waals surface area contributed by atoms with E-state index in [1.807, 2.05) is 0 Å². The van der Waals surface area contributed by atoms with E-state index in [0.29, 0.717) is 18.8 Å². The Morgan fingerprint density at radius 1 is 1.47 bits per heavy atom. The van der Waals surface area contributed by atoms with E-state index < -0.39 is 0 Å².